The zero-order valence-corrected chi connectivity index (χ0v) is 14.0. The Morgan fingerprint density at radius 2 is 1.83 bits per heavy atom. The third-order valence-electron chi connectivity index (χ3n) is 3.39. The lowest BCUT2D eigenvalue weighted by atomic mass is 10.2. The van der Waals surface area contributed by atoms with E-state index in [1.165, 1.54) is 5.56 Å². The molecule has 0 atom stereocenters. The van der Waals surface area contributed by atoms with Crippen molar-refractivity contribution >= 4 is 11.8 Å². The molecule has 0 spiro atoms. The highest BCUT2D eigenvalue weighted by molar-refractivity contribution is 7.99. The molecule has 0 aliphatic rings. The summed E-state index contributed by atoms with van der Waals surface area (Å²) in [5, 5.41) is 12.7. The Labute approximate surface area is 139 Å². The van der Waals surface area contributed by atoms with Crippen LogP contribution in [0.25, 0.3) is 5.69 Å². The number of rotatable bonds is 6. The molecule has 0 saturated heterocycles. The Hall–Kier alpha value is -2.34. The van der Waals surface area contributed by atoms with Gasteiger partial charge in [0, 0.05) is 5.75 Å². The number of ether oxygens (including phenoxy) is 1. The predicted molar refractivity (Wildman–Crippen MR) is 91.3 cm³/mol. The molecule has 3 rings (SSSR count). The third kappa shape index (κ3) is 3.90. The lowest BCUT2D eigenvalue weighted by Crippen LogP contribution is -2.04. The third-order valence-corrected chi connectivity index (χ3v) is 4.27. The van der Waals surface area contributed by atoms with Gasteiger partial charge in [0.15, 0.2) is 0 Å². The van der Waals surface area contributed by atoms with Crippen LogP contribution in [0.2, 0.25) is 0 Å². The van der Waals surface area contributed by atoms with Crippen LogP contribution in [0.5, 0.6) is 5.75 Å². The number of hydrogen-bond donors (Lipinski definition) is 0. The maximum Gasteiger partial charge on any atom is 0.214 e. The van der Waals surface area contributed by atoms with E-state index in [9.17, 15) is 0 Å². The van der Waals surface area contributed by atoms with Gasteiger partial charge in [-0.25, -0.2) is 0 Å². The van der Waals surface area contributed by atoms with E-state index >= 15 is 0 Å². The first-order valence-electron chi connectivity index (χ1n) is 7.41. The van der Waals surface area contributed by atoms with Gasteiger partial charge in [-0.2, -0.15) is 4.68 Å². The summed E-state index contributed by atoms with van der Waals surface area (Å²) < 4.78 is 7.55. The Kier molecular flexibility index (Phi) is 4.92. The van der Waals surface area contributed by atoms with Crippen molar-refractivity contribution in [1.29, 1.82) is 0 Å². The molecule has 0 radical (unpaired) electrons. The quantitative estimate of drug-likeness (QED) is 0.513. The molecule has 23 heavy (non-hydrogen) atoms. The lowest BCUT2D eigenvalue weighted by Gasteiger charge is -2.08. The van der Waals surface area contributed by atoms with Gasteiger partial charge in [-0.15, -0.1) is 5.10 Å². The number of aromatic nitrogens is 4. The Morgan fingerprint density at radius 3 is 2.61 bits per heavy atom. The van der Waals surface area contributed by atoms with Crippen LogP contribution < -0.4 is 4.74 Å². The molecule has 0 unspecified atom stereocenters. The number of para-hydroxylation sites is 1. The van der Waals surface area contributed by atoms with Gasteiger partial charge in [0.2, 0.25) is 5.16 Å². The summed E-state index contributed by atoms with van der Waals surface area (Å²) in [5.74, 6) is 1.70. The normalized spacial score (nSPS) is 10.7. The van der Waals surface area contributed by atoms with Crippen LogP contribution in [0.15, 0.2) is 53.7 Å². The fourth-order valence-electron chi connectivity index (χ4n) is 2.12. The lowest BCUT2D eigenvalue weighted by molar-refractivity contribution is 0.341. The maximum absolute atomic E-state index is 5.80. The average molecular weight is 326 g/mol. The van der Waals surface area contributed by atoms with Crippen molar-refractivity contribution in [3.05, 3.63) is 59.7 Å². The van der Waals surface area contributed by atoms with E-state index in [-0.39, 0.29) is 0 Å². The summed E-state index contributed by atoms with van der Waals surface area (Å²) in [5.41, 5.74) is 3.31. The largest absolute Gasteiger partial charge is 0.492 e. The molecular weight excluding hydrogens is 308 g/mol. The van der Waals surface area contributed by atoms with E-state index in [1.807, 2.05) is 55.5 Å². The summed E-state index contributed by atoms with van der Waals surface area (Å²) in [6.07, 6.45) is 0. The minimum atomic E-state index is 0.607. The van der Waals surface area contributed by atoms with Gasteiger partial charge >= 0.3 is 0 Å². The van der Waals surface area contributed by atoms with Crippen LogP contribution in [-0.4, -0.2) is 32.6 Å². The molecule has 0 aliphatic carbocycles. The second kappa shape index (κ2) is 7.28. The van der Waals surface area contributed by atoms with Crippen LogP contribution in [-0.2, 0) is 0 Å². The number of tetrazole rings is 1. The molecule has 118 valence electrons. The van der Waals surface area contributed by atoms with Crippen molar-refractivity contribution < 1.29 is 4.74 Å². The van der Waals surface area contributed by atoms with Gasteiger partial charge in [0.1, 0.15) is 5.75 Å². The van der Waals surface area contributed by atoms with Crippen molar-refractivity contribution in [1.82, 2.24) is 20.2 Å². The molecule has 1 heterocycles. The summed E-state index contributed by atoms with van der Waals surface area (Å²) in [6, 6.07) is 16.1. The fraction of sp³-hybridized carbons (Fsp3) is 0.235. The van der Waals surface area contributed by atoms with Crippen molar-refractivity contribution in [3.63, 3.8) is 0 Å². The number of thioether (sulfide) groups is 1. The minimum absolute atomic E-state index is 0.607. The van der Waals surface area contributed by atoms with Crippen molar-refractivity contribution in [2.75, 3.05) is 12.4 Å². The second-order valence-electron chi connectivity index (χ2n) is 5.17. The predicted octanol–water partition coefficient (Wildman–Crippen LogP) is 3.45. The summed E-state index contributed by atoms with van der Waals surface area (Å²) >= 11 is 1.58. The van der Waals surface area contributed by atoms with Crippen molar-refractivity contribution in [2.45, 2.75) is 19.0 Å². The van der Waals surface area contributed by atoms with Crippen LogP contribution in [0.1, 0.15) is 11.1 Å². The molecule has 1 aromatic heterocycles. The highest BCUT2D eigenvalue weighted by Gasteiger charge is 2.09. The summed E-state index contributed by atoms with van der Waals surface area (Å²) in [6.45, 7) is 4.71. The summed E-state index contributed by atoms with van der Waals surface area (Å²) in [4.78, 5) is 0. The van der Waals surface area contributed by atoms with Crippen LogP contribution >= 0.6 is 11.8 Å². The smallest absolute Gasteiger partial charge is 0.214 e. The zero-order chi connectivity index (χ0) is 16.1. The van der Waals surface area contributed by atoms with Crippen LogP contribution in [0.3, 0.4) is 0 Å². The number of aryl methyl sites for hydroxylation is 2. The topological polar surface area (TPSA) is 52.8 Å². The fourth-order valence-corrected chi connectivity index (χ4v) is 2.83. The number of hydrogen-bond acceptors (Lipinski definition) is 5. The number of nitrogens with zero attached hydrogens (tertiary/aromatic N) is 4. The van der Waals surface area contributed by atoms with E-state index in [0.29, 0.717) is 6.61 Å². The van der Waals surface area contributed by atoms with Gasteiger partial charge in [0.25, 0.3) is 0 Å². The molecule has 3 aromatic rings. The molecular formula is C17H18N4OS. The number of benzene rings is 2. The molecule has 2 aromatic carbocycles. The van der Waals surface area contributed by atoms with E-state index in [2.05, 4.69) is 22.4 Å². The van der Waals surface area contributed by atoms with E-state index in [1.54, 1.807) is 16.4 Å². The Bertz CT molecular complexity index is 770. The van der Waals surface area contributed by atoms with E-state index < -0.39 is 0 Å². The van der Waals surface area contributed by atoms with Gasteiger partial charge in [-0.1, -0.05) is 47.7 Å². The second-order valence-corrected chi connectivity index (χ2v) is 6.23. The van der Waals surface area contributed by atoms with Gasteiger partial charge in [0.05, 0.1) is 12.3 Å². The molecule has 0 fully saturated rings. The van der Waals surface area contributed by atoms with Crippen molar-refractivity contribution in [2.24, 2.45) is 0 Å². The SMILES string of the molecule is Cc1ccc(-n2nnnc2SCCOc2ccccc2C)cc1. The molecule has 5 nitrogen and oxygen atoms in total. The highest BCUT2D eigenvalue weighted by Crippen LogP contribution is 2.20. The zero-order valence-electron chi connectivity index (χ0n) is 13.1. The monoisotopic (exact) mass is 326 g/mol. The molecule has 0 amide bonds. The van der Waals surface area contributed by atoms with Gasteiger partial charge in [-0.05, 0) is 48.0 Å². The van der Waals surface area contributed by atoms with E-state index in [4.69, 9.17) is 4.74 Å². The Morgan fingerprint density at radius 1 is 1.04 bits per heavy atom. The Balaban J connectivity index is 1.58. The van der Waals surface area contributed by atoms with Gasteiger partial charge < -0.3 is 4.74 Å². The maximum atomic E-state index is 5.80. The molecule has 0 N–H and O–H groups in total. The summed E-state index contributed by atoms with van der Waals surface area (Å²) in [7, 11) is 0. The molecule has 0 saturated carbocycles. The van der Waals surface area contributed by atoms with E-state index in [0.717, 1.165) is 27.9 Å². The minimum Gasteiger partial charge on any atom is -0.492 e. The average Bonchev–Trinajstić information content (AvgIpc) is 3.02. The van der Waals surface area contributed by atoms with Gasteiger partial charge in [-0.3, -0.25) is 0 Å². The first kappa shape index (κ1) is 15.6. The van der Waals surface area contributed by atoms with Crippen molar-refractivity contribution in [3.8, 4) is 11.4 Å². The first-order valence-corrected chi connectivity index (χ1v) is 8.39. The van der Waals surface area contributed by atoms with Crippen LogP contribution in [0, 0.1) is 13.8 Å². The molecule has 0 bridgehead atoms. The molecule has 0 aliphatic heterocycles. The first-order chi connectivity index (χ1) is 11.2. The standard InChI is InChI=1S/C17H18N4OS/c1-13-7-9-15(10-8-13)21-17(18-19-20-21)23-12-11-22-16-6-4-3-5-14(16)2/h3-10H,11-12H2,1-2H3. The van der Waals surface area contributed by atoms with Crippen LogP contribution in [0.4, 0.5) is 0 Å². The highest BCUT2D eigenvalue weighted by atomic mass is 32.2. The molecule has 6 heteroatoms.